The average Bonchev–Trinajstić information content (AvgIpc) is 2.93. The maximum Gasteiger partial charge on any atom is 0.251 e. The Kier molecular flexibility index (Phi) is 4.20. The molecule has 3 aromatic rings. The summed E-state index contributed by atoms with van der Waals surface area (Å²) in [5, 5.41) is 2.82. The van der Waals surface area contributed by atoms with Gasteiger partial charge in [0.15, 0.2) is 0 Å². The molecule has 0 saturated heterocycles. The molecule has 0 spiro atoms. The standard InChI is InChI=1S/C18H20N4O2/c1-11(2)15-6-13(7-17(23)21-15)18(24)19-8-14-10-22-9-12(3)4-5-16(22)20-14/h4-7,9-11H,8H2,1-3H3,(H,19,24)(H,21,23). The smallest absolute Gasteiger partial charge is 0.251 e. The largest absolute Gasteiger partial charge is 0.346 e. The number of aromatic amines is 1. The summed E-state index contributed by atoms with van der Waals surface area (Å²) in [5.74, 6) is -0.136. The zero-order valence-corrected chi connectivity index (χ0v) is 14.0. The molecule has 1 amide bonds. The lowest BCUT2D eigenvalue weighted by molar-refractivity contribution is 0.0950. The van der Waals surface area contributed by atoms with Gasteiger partial charge in [-0.15, -0.1) is 0 Å². The predicted octanol–water partition coefficient (Wildman–Crippen LogP) is 2.38. The number of rotatable bonds is 4. The molecule has 0 aliphatic rings. The Labute approximate surface area is 139 Å². The van der Waals surface area contributed by atoms with Crippen molar-refractivity contribution in [3.05, 3.63) is 69.5 Å². The van der Waals surface area contributed by atoms with Crippen molar-refractivity contribution in [2.75, 3.05) is 0 Å². The first-order valence-corrected chi connectivity index (χ1v) is 7.89. The third-order valence-electron chi connectivity index (χ3n) is 3.83. The molecule has 0 bridgehead atoms. The lowest BCUT2D eigenvalue weighted by Gasteiger charge is -2.08. The molecule has 24 heavy (non-hydrogen) atoms. The van der Waals surface area contributed by atoms with Crippen LogP contribution in [0.1, 0.15) is 47.1 Å². The Morgan fingerprint density at radius 2 is 2.08 bits per heavy atom. The first-order chi connectivity index (χ1) is 11.4. The van der Waals surface area contributed by atoms with E-state index in [1.807, 2.05) is 49.7 Å². The van der Waals surface area contributed by atoms with Crippen LogP contribution in [0.4, 0.5) is 0 Å². The minimum Gasteiger partial charge on any atom is -0.346 e. The van der Waals surface area contributed by atoms with Gasteiger partial charge in [0.25, 0.3) is 5.91 Å². The number of H-pyrrole nitrogens is 1. The normalized spacial score (nSPS) is 11.2. The van der Waals surface area contributed by atoms with Crippen molar-refractivity contribution in [2.24, 2.45) is 0 Å². The summed E-state index contributed by atoms with van der Waals surface area (Å²) >= 11 is 0. The number of hydrogen-bond donors (Lipinski definition) is 2. The highest BCUT2D eigenvalue weighted by Gasteiger charge is 2.11. The number of carbonyl (C=O) groups is 1. The summed E-state index contributed by atoms with van der Waals surface area (Å²) in [4.78, 5) is 31.2. The van der Waals surface area contributed by atoms with Crippen molar-refractivity contribution in [2.45, 2.75) is 33.2 Å². The van der Waals surface area contributed by atoms with E-state index in [2.05, 4.69) is 15.3 Å². The molecule has 3 heterocycles. The van der Waals surface area contributed by atoms with Gasteiger partial charge in [0.2, 0.25) is 5.56 Å². The van der Waals surface area contributed by atoms with Gasteiger partial charge in [0.05, 0.1) is 12.2 Å². The zero-order valence-electron chi connectivity index (χ0n) is 14.0. The minimum atomic E-state index is -0.281. The SMILES string of the molecule is Cc1ccc2nc(CNC(=O)c3cc(C(C)C)[nH]c(=O)c3)cn2c1. The first-order valence-electron chi connectivity index (χ1n) is 7.89. The number of carbonyl (C=O) groups excluding carboxylic acids is 1. The third kappa shape index (κ3) is 3.37. The summed E-state index contributed by atoms with van der Waals surface area (Å²) in [7, 11) is 0. The van der Waals surface area contributed by atoms with Crippen molar-refractivity contribution < 1.29 is 4.79 Å². The number of imidazole rings is 1. The second-order valence-corrected chi connectivity index (χ2v) is 6.23. The van der Waals surface area contributed by atoms with Crippen molar-refractivity contribution in [1.29, 1.82) is 0 Å². The molecular weight excluding hydrogens is 304 g/mol. The molecule has 6 nitrogen and oxygen atoms in total. The van der Waals surface area contributed by atoms with Crippen molar-refractivity contribution >= 4 is 11.6 Å². The maximum absolute atomic E-state index is 12.3. The molecule has 0 radical (unpaired) electrons. The van der Waals surface area contributed by atoms with E-state index >= 15 is 0 Å². The van der Waals surface area contributed by atoms with E-state index < -0.39 is 0 Å². The molecule has 0 aliphatic heterocycles. The van der Waals surface area contributed by atoms with Crippen LogP contribution in [0.2, 0.25) is 0 Å². The molecule has 0 saturated carbocycles. The molecule has 0 atom stereocenters. The first kappa shape index (κ1) is 16.0. The number of fused-ring (bicyclic) bond motifs is 1. The van der Waals surface area contributed by atoms with Gasteiger partial charge in [0.1, 0.15) is 5.65 Å². The fourth-order valence-electron chi connectivity index (χ4n) is 2.52. The van der Waals surface area contributed by atoms with Crippen molar-refractivity contribution in [3.8, 4) is 0 Å². The monoisotopic (exact) mass is 324 g/mol. The highest BCUT2D eigenvalue weighted by molar-refractivity contribution is 5.94. The van der Waals surface area contributed by atoms with E-state index in [-0.39, 0.29) is 17.4 Å². The fraction of sp³-hybridized carbons (Fsp3) is 0.278. The van der Waals surface area contributed by atoms with Crippen LogP contribution < -0.4 is 10.9 Å². The van der Waals surface area contributed by atoms with Gasteiger partial charge in [-0.3, -0.25) is 9.59 Å². The van der Waals surface area contributed by atoms with Crippen molar-refractivity contribution in [1.82, 2.24) is 19.7 Å². The van der Waals surface area contributed by atoms with Gasteiger partial charge in [0, 0.05) is 29.7 Å². The topological polar surface area (TPSA) is 79.3 Å². The molecule has 3 rings (SSSR count). The highest BCUT2D eigenvalue weighted by atomic mass is 16.2. The molecule has 124 valence electrons. The van der Waals surface area contributed by atoms with Gasteiger partial charge in [-0.2, -0.15) is 0 Å². The molecule has 0 unspecified atom stereocenters. The molecule has 0 aromatic carbocycles. The number of pyridine rings is 2. The van der Waals surface area contributed by atoms with E-state index in [1.165, 1.54) is 6.07 Å². The van der Waals surface area contributed by atoms with E-state index in [1.54, 1.807) is 6.07 Å². The van der Waals surface area contributed by atoms with Crippen LogP contribution in [-0.4, -0.2) is 20.3 Å². The average molecular weight is 324 g/mol. The number of nitrogens with zero attached hydrogens (tertiary/aromatic N) is 2. The number of hydrogen-bond acceptors (Lipinski definition) is 3. The van der Waals surface area contributed by atoms with Crippen molar-refractivity contribution in [3.63, 3.8) is 0 Å². The Morgan fingerprint density at radius 1 is 1.29 bits per heavy atom. The number of aryl methyl sites for hydroxylation is 1. The number of nitrogens with one attached hydrogen (secondary N) is 2. The Balaban J connectivity index is 1.76. The van der Waals surface area contributed by atoms with E-state index in [4.69, 9.17) is 0 Å². The molecular formula is C18H20N4O2. The molecule has 6 heteroatoms. The summed E-state index contributed by atoms with van der Waals surface area (Å²) in [5.41, 5.74) is 3.58. The fourth-order valence-corrected chi connectivity index (χ4v) is 2.52. The Morgan fingerprint density at radius 3 is 2.83 bits per heavy atom. The number of amides is 1. The highest BCUT2D eigenvalue weighted by Crippen LogP contribution is 2.11. The zero-order chi connectivity index (χ0) is 17.3. The third-order valence-corrected chi connectivity index (χ3v) is 3.83. The molecule has 0 fully saturated rings. The van der Waals surface area contributed by atoms with E-state index in [0.717, 1.165) is 22.6 Å². The molecule has 3 aromatic heterocycles. The lowest BCUT2D eigenvalue weighted by Crippen LogP contribution is -2.25. The van der Waals surface area contributed by atoms with Gasteiger partial charge in [-0.05, 0) is 30.5 Å². The Bertz CT molecular complexity index is 953. The van der Waals surface area contributed by atoms with Gasteiger partial charge < -0.3 is 14.7 Å². The summed E-state index contributed by atoms with van der Waals surface area (Å²) in [6, 6.07) is 6.96. The minimum absolute atomic E-state index is 0.145. The summed E-state index contributed by atoms with van der Waals surface area (Å²) in [6.45, 7) is 6.25. The van der Waals surface area contributed by atoms with E-state index in [9.17, 15) is 9.59 Å². The van der Waals surface area contributed by atoms with E-state index in [0.29, 0.717) is 12.1 Å². The predicted molar refractivity (Wildman–Crippen MR) is 92.3 cm³/mol. The quantitative estimate of drug-likeness (QED) is 0.773. The Hall–Kier alpha value is -2.89. The van der Waals surface area contributed by atoms with Crippen LogP contribution in [0.25, 0.3) is 5.65 Å². The number of aromatic nitrogens is 3. The van der Waals surface area contributed by atoms with Crippen LogP contribution in [0.5, 0.6) is 0 Å². The molecule has 2 N–H and O–H groups in total. The van der Waals surface area contributed by atoms with Crippen LogP contribution in [0.3, 0.4) is 0 Å². The maximum atomic E-state index is 12.3. The van der Waals surface area contributed by atoms with Gasteiger partial charge in [-0.1, -0.05) is 19.9 Å². The second kappa shape index (κ2) is 6.31. The second-order valence-electron chi connectivity index (χ2n) is 6.23. The summed E-state index contributed by atoms with van der Waals surface area (Å²) in [6.07, 6.45) is 3.87. The van der Waals surface area contributed by atoms with Crippen LogP contribution >= 0.6 is 0 Å². The molecule has 0 aliphatic carbocycles. The van der Waals surface area contributed by atoms with Gasteiger partial charge in [-0.25, -0.2) is 4.98 Å². The van der Waals surface area contributed by atoms with Crippen LogP contribution in [0, 0.1) is 6.92 Å². The summed E-state index contributed by atoms with van der Waals surface area (Å²) < 4.78 is 1.93. The van der Waals surface area contributed by atoms with Crippen LogP contribution in [-0.2, 0) is 6.54 Å². The van der Waals surface area contributed by atoms with Crippen LogP contribution in [0.15, 0.2) is 41.5 Å². The lowest BCUT2D eigenvalue weighted by atomic mass is 10.1. The van der Waals surface area contributed by atoms with Gasteiger partial charge >= 0.3 is 0 Å².